The molecule has 1 aliphatic heterocycles. The molecule has 1 rings (SSSR count). The predicted octanol–water partition coefficient (Wildman–Crippen LogP) is 3.05. The zero-order valence-electron chi connectivity index (χ0n) is 12.4. The van der Waals surface area contributed by atoms with Crippen LogP contribution in [0.1, 0.15) is 20.8 Å². The minimum atomic E-state index is -1.35. The fraction of sp³-hybridized carbons (Fsp3) is 0.917. The molecule has 0 unspecified atom stereocenters. The Hall–Kier alpha value is -0.136. The van der Waals surface area contributed by atoms with Gasteiger partial charge in [-0.2, -0.15) is 0 Å². The Morgan fingerprint density at radius 3 is 1.88 bits per heavy atom. The van der Waals surface area contributed by atoms with E-state index < -0.39 is 16.5 Å². The lowest BCUT2D eigenvalue weighted by atomic mass is 10.2. The monoisotopic (exact) mass is 273 g/mol. The van der Waals surface area contributed by atoms with E-state index in [1.54, 1.807) is 0 Å². The SMILES string of the molecule is CC(C)(C)OC(=O)CN1[Si](C)(C)CC[Si]1(C)C. The maximum atomic E-state index is 12.0. The minimum absolute atomic E-state index is 0.0550. The second-order valence-electron chi connectivity index (χ2n) is 7.30. The van der Waals surface area contributed by atoms with Crippen molar-refractivity contribution in [3.63, 3.8) is 0 Å². The lowest BCUT2D eigenvalue weighted by Gasteiger charge is -2.38. The quantitative estimate of drug-likeness (QED) is 0.572. The molecule has 0 N–H and O–H groups in total. The molecule has 0 radical (unpaired) electrons. The van der Waals surface area contributed by atoms with Crippen molar-refractivity contribution < 1.29 is 9.53 Å². The lowest BCUT2D eigenvalue weighted by Crippen LogP contribution is -2.57. The van der Waals surface area contributed by atoms with E-state index in [4.69, 9.17) is 4.74 Å². The van der Waals surface area contributed by atoms with Crippen molar-refractivity contribution in [2.45, 2.75) is 64.6 Å². The van der Waals surface area contributed by atoms with Crippen LogP contribution in [-0.4, -0.2) is 38.8 Å². The molecule has 0 spiro atoms. The van der Waals surface area contributed by atoms with Crippen LogP contribution < -0.4 is 0 Å². The molecule has 1 saturated heterocycles. The largest absolute Gasteiger partial charge is 0.459 e. The van der Waals surface area contributed by atoms with Gasteiger partial charge in [-0.25, -0.2) is 0 Å². The summed E-state index contributed by atoms with van der Waals surface area (Å²) < 4.78 is 8.00. The second-order valence-corrected chi connectivity index (χ2v) is 17.1. The molecule has 0 atom stereocenters. The minimum Gasteiger partial charge on any atom is -0.459 e. The van der Waals surface area contributed by atoms with E-state index >= 15 is 0 Å². The Morgan fingerprint density at radius 1 is 1.12 bits per heavy atom. The molecule has 0 aromatic heterocycles. The van der Waals surface area contributed by atoms with Crippen molar-refractivity contribution >= 4 is 22.4 Å². The molecule has 0 bridgehead atoms. The average Bonchev–Trinajstić information content (AvgIpc) is 2.25. The van der Waals surface area contributed by atoms with Crippen LogP contribution in [0.4, 0.5) is 0 Å². The Morgan fingerprint density at radius 2 is 1.53 bits per heavy atom. The first kappa shape index (κ1) is 14.9. The van der Waals surface area contributed by atoms with Gasteiger partial charge < -0.3 is 8.97 Å². The summed E-state index contributed by atoms with van der Waals surface area (Å²) in [5, 5.41) is 0. The number of rotatable bonds is 2. The highest BCUT2D eigenvalue weighted by Crippen LogP contribution is 2.36. The molecule has 1 heterocycles. The van der Waals surface area contributed by atoms with Crippen LogP contribution in [0.3, 0.4) is 0 Å². The van der Waals surface area contributed by atoms with E-state index in [0.717, 1.165) is 0 Å². The molecule has 0 amide bonds. The molecule has 3 nitrogen and oxygen atoms in total. The molecular weight excluding hydrogens is 246 g/mol. The number of esters is 1. The third-order valence-corrected chi connectivity index (χ3v) is 13.8. The van der Waals surface area contributed by atoms with Crippen LogP contribution in [0, 0.1) is 0 Å². The van der Waals surface area contributed by atoms with Gasteiger partial charge in [-0.1, -0.05) is 26.2 Å². The summed E-state index contributed by atoms with van der Waals surface area (Å²) in [5.41, 5.74) is -0.367. The summed E-state index contributed by atoms with van der Waals surface area (Å²) in [6.07, 6.45) is 0. The van der Waals surface area contributed by atoms with E-state index in [0.29, 0.717) is 6.54 Å². The first-order chi connectivity index (χ1) is 7.44. The molecule has 0 saturated carbocycles. The summed E-state index contributed by atoms with van der Waals surface area (Å²) in [7, 11) is -2.70. The van der Waals surface area contributed by atoms with Crippen LogP contribution in [0.2, 0.25) is 38.3 Å². The highest BCUT2D eigenvalue weighted by Gasteiger charge is 2.48. The van der Waals surface area contributed by atoms with Gasteiger partial charge in [0.1, 0.15) is 22.1 Å². The van der Waals surface area contributed by atoms with E-state index in [1.165, 1.54) is 12.1 Å². The van der Waals surface area contributed by atoms with Crippen molar-refractivity contribution in [1.29, 1.82) is 0 Å². The zero-order valence-corrected chi connectivity index (χ0v) is 14.4. The zero-order chi connectivity index (χ0) is 13.5. The van der Waals surface area contributed by atoms with Gasteiger partial charge in [-0.3, -0.25) is 4.79 Å². The first-order valence-electron chi connectivity index (χ1n) is 6.44. The molecule has 0 aliphatic carbocycles. The summed E-state index contributed by atoms with van der Waals surface area (Å²) in [6, 6.07) is 2.66. The summed E-state index contributed by atoms with van der Waals surface area (Å²) in [4.78, 5) is 12.0. The van der Waals surface area contributed by atoms with Crippen molar-refractivity contribution in [1.82, 2.24) is 4.23 Å². The van der Waals surface area contributed by atoms with Gasteiger partial charge in [-0.05, 0) is 32.9 Å². The molecule has 100 valence electrons. The second kappa shape index (κ2) is 4.51. The van der Waals surface area contributed by atoms with Crippen molar-refractivity contribution in [2.24, 2.45) is 0 Å². The van der Waals surface area contributed by atoms with Crippen LogP contribution >= 0.6 is 0 Å². The number of hydrogen-bond donors (Lipinski definition) is 0. The highest BCUT2D eigenvalue weighted by atomic mass is 28.4. The van der Waals surface area contributed by atoms with Gasteiger partial charge in [0.25, 0.3) is 0 Å². The first-order valence-corrected chi connectivity index (χ1v) is 12.7. The topological polar surface area (TPSA) is 29.5 Å². The summed E-state index contributed by atoms with van der Waals surface area (Å²) in [5.74, 6) is -0.0550. The molecule has 5 heteroatoms. The molecule has 0 aromatic carbocycles. The third kappa shape index (κ3) is 3.93. The van der Waals surface area contributed by atoms with E-state index in [9.17, 15) is 4.79 Å². The van der Waals surface area contributed by atoms with Crippen LogP contribution in [0.25, 0.3) is 0 Å². The molecule has 0 aromatic rings. The van der Waals surface area contributed by atoms with Crippen molar-refractivity contribution in [2.75, 3.05) is 6.54 Å². The lowest BCUT2D eigenvalue weighted by molar-refractivity contribution is -0.154. The van der Waals surface area contributed by atoms with Gasteiger partial charge in [0.2, 0.25) is 0 Å². The van der Waals surface area contributed by atoms with Crippen LogP contribution in [-0.2, 0) is 9.53 Å². The van der Waals surface area contributed by atoms with Crippen molar-refractivity contribution in [3.8, 4) is 0 Å². The van der Waals surface area contributed by atoms with Gasteiger partial charge >= 0.3 is 5.97 Å². The Balaban J connectivity index is 2.70. The third-order valence-electron chi connectivity index (χ3n) is 3.52. The normalized spacial score (nSPS) is 23.7. The van der Waals surface area contributed by atoms with Gasteiger partial charge in [0, 0.05) is 0 Å². The maximum absolute atomic E-state index is 12.0. The van der Waals surface area contributed by atoms with Crippen LogP contribution in [0.15, 0.2) is 0 Å². The fourth-order valence-corrected chi connectivity index (χ4v) is 16.4. The number of ether oxygens (including phenoxy) is 1. The molecule has 17 heavy (non-hydrogen) atoms. The number of carbonyl (C=O) groups is 1. The van der Waals surface area contributed by atoms with Gasteiger partial charge in [0.05, 0.1) is 6.54 Å². The van der Waals surface area contributed by atoms with E-state index in [2.05, 4.69) is 30.4 Å². The predicted molar refractivity (Wildman–Crippen MR) is 77.1 cm³/mol. The number of carbonyl (C=O) groups excluding carboxylic acids is 1. The van der Waals surface area contributed by atoms with Gasteiger partial charge in [-0.15, -0.1) is 0 Å². The Labute approximate surface area is 108 Å². The van der Waals surface area contributed by atoms with E-state index in [-0.39, 0.29) is 11.6 Å². The Bertz CT molecular complexity index is 292. The molecular formula is C12H27NO2Si2. The number of hydrogen-bond acceptors (Lipinski definition) is 3. The number of nitrogens with zero attached hydrogens (tertiary/aromatic N) is 1. The maximum Gasteiger partial charge on any atom is 0.319 e. The summed E-state index contributed by atoms with van der Waals surface area (Å²) in [6.45, 7) is 15.8. The average molecular weight is 274 g/mol. The highest BCUT2D eigenvalue weighted by molar-refractivity contribution is 6.95. The molecule has 1 aliphatic rings. The fourth-order valence-electron chi connectivity index (χ4n) is 2.63. The van der Waals surface area contributed by atoms with Crippen molar-refractivity contribution in [3.05, 3.63) is 0 Å². The Kier molecular flexibility index (Phi) is 3.96. The summed E-state index contributed by atoms with van der Waals surface area (Å²) >= 11 is 0. The van der Waals surface area contributed by atoms with Crippen LogP contribution in [0.5, 0.6) is 0 Å². The molecule has 1 fully saturated rings. The smallest absolute Gasteiger partial charge is 0.319 e. The standard InChI is InChI=1S/C12H27NO2Si2/c1-12(2,3)15-11(14)10-13-16(4,5)8-9-17(13,6)7/h8-10H2,1-7H3. The van der Waals surface area contributed by atoms with Gasteiger partial charge in [0.15, 0.2) is 0 Å². The van der Waals surface area contributed by atoms with E-state index in [1.807, 2.05) is 20.8 Å².